The number of aryl methyl sites for hydroxylation is 2. The lowest BCUT2D eigenvalue weighted by Gasteiger charge is -2.42. The number of nitrogens with two attached hydrogens (primary N) is 1. The van der Waals surface area contributed by atoms with E-state index in [9.17, 15) is 0 Å². The van der Waals surface area contributed by atoms with Crippen LogP contribution in [-0.4, -0.2) is 58.8 Å². The fourth-order valence-corrected chi connectivity index (χ4v) is 3.16. The molecule has 0 aromatic carbocycles. The Morgan fingerprint density at radius 1 is 1.42 bits per heavy atom. The Morgan fingerprint density at radius 2 is 2.16 bits per heavy atom. The van der Waals surface area contributed by atoms with E-state index in [4.69, 9.17) is 5.73 Å². The minimum Gasteiger partial charge on any atom is -0.329 e. The number of hydrogen-bond donors (Lipinski definition) is 1. The Kier molecular flexibility index (Phi) is 4.60. The molecule has 0 aliphatic carbocycles. The fourth-order valence-electron chi connectivity index (χ4n) is 3.16. The average molecular weight is 265 g/mol. The van der Waals surface area contributed by atoms with Gasteiger partial charge in [0, 0.05) is 51.0 Å². The van der Waals surface area contributed by atoms with Gasteiger partial charge in [0.2, 0.25) is 0 Å². The normalized spacial score (nSPS) is 23.7. The Morgan fingerprint density at radius 3 is 2.74 bits per heavy atom. The molecule has 1 aliphatic heterocycles. The summed E-state index contributed by atoms with van der Waals surface area (Å²) in [7, 11) is 4.18. The van der Waals surface area contributed by atoms with E-state index in [1.165, 1.54) is 11.3 Å². The van der Waals surface area contributed by atoms with Crippen molar-refractivity contribution >= 4 is 0 Å². The average Bonchev–Trinajstić information content (AvgIpc) is 2.74. The van der Waals surface area contributed by atoms with Crippen LogP contribution in [0.15, 0.2) is 6.20 Å². The monoisotopic (exact) mass is 265 g/mol. The van der Waals surface area contributed by atoms with Crippen molar-refractivity contribution in [1.29, 1.82) is 0 Å². The molecular formula is C14H27N5. The van der Waals surface area contributed by atoms with Crippen molar-refractivity contribution < 1.29 is 0 Å². The number of hydrogen-bond acceptors (Lipinski definition) is 4. The van der Waals surface area contributed by atoms with Crippen molar-refractivity contribution in [3.63, 3.8) is 0 Å². The quantitative estimate of drug-likeness (QED) is 0.867. The smallest absolute Gasteiger partial charge is 0.0670 e. The van der Waals surface area contributed by atoms with E-state index in [1.807, 2.05) is 11.7 Å². The van der Waals surface area contributed by atoms with Gasteiger partial charge in [0.05, 0.1) is 11.7 Å². The highest BCUT2D eigenvalue weighted by molar-refractivity contribution is 5.22. The maximum atomic E-state index is 6.07. The Labute approximate surface area is 116 Å². The summed E-state index contributed by atoms with van der Waals surface area (Å²) in [5, 5.41) is 4.56. The van der Waals surface area contributed by atoms with E-state index in [1.54, 1.807) is 0 Å². The lowest BCUT2D eigenvalue weighted by Crippen LogP contribution is -2.52. The van der Waals surface area contributed by atoms with Gasteiger partial charge in [-0.05, 0) is 20.4 Å². The highest BCUT2D eigenvalue weighted by Crippen LogP contribution is 2.26. The molecule has 0 spiro atoms. The summed E-state index contributed by atoms with van der Waals surface area (Å²) in [5.41, 5.74) is 8.57. The van der Waals surface area contributed by atoms with Crippen molar-refractivity contribution in [2.45, 2.75) is 32.4 Å². The fraction of sp³-hybridized carbons (Fsp3) is 0.786. The molecule has 1 aromatic heterocycles. The number of aromatic nitrogens is 2. The van der Waals surface area contributed by atoms with Gasteiger partial charge in [-0.2, -0.15) is 5.10 Å². The molecule has 0 saturated carbocycles. The van der Waals surface area contributed by atoms with Crippen molar-refractivity contribution in [2.75, 3.05) is 33.2 Å². The molecule has 1 fully saturated rings. The van der Waals surface area contributed by atoms with Crippen LogP contribution in [0.3, 0.4) is 0 Å². The zero-order valence-electron chi connectivity index (χ0n) is 12.6. The van der Waals surface area contributed by atoms with E-state index in [2.05, 4.69) is 42.0 Å². The molecule has 2 unspecified atom stereocenters. The molecule has 5 heteroatoms. The van der Waals surface area contributed by atoms with Gasteiger partial charge in [0.15, 0.2) is 0 Å². The standard InChI is InChI=1S/C14H27N5/c1-5-13-12(10-18(4)16-13)14(8-15)19-7-6-17(3)9-11(19)2/h10-11,14H,5-9,15H2,1-4H3. The summed E-state index contributed by atoms with van der Waals surface area (Å²) >= 11 is 0. The van der Waals surface area contributed by atoms with Gasteiger partial charge in [-0.25, -0.2) is 0 Å². The molecule has 2 atom stereocenters. The molecule has 0 radical (unpaired) electrons. The first-order valence-corrected chi connectivity index (χ1v) is 7.23. The zero-order chi connectivity index (χ0) is 14.0. The lowest BCUT2D eigenvalue weighted by atomic mass is 10.0. The van der Waals surface area contributed by atoms with Crippen molar-refractivity contribution in [3.8, 4) is 0 Å². The van der Waals surface area contributed by atoms with Gasteiger partial charge in [0.1, 0.15) is 0 Å². The van der Waals surface area contributed by atoms with E-state index in [0.29, 0.717) is 18.6 Å². The van der Waals surface area contributed by atoms with Gasteiger partial charge >= 0.3 is 0 Å². The molecule has 19 heavy (non-hydrogen) atoms. The highest BCUT2D eigenvalue weighted by atomic mass is 15.3. The van der Waals surface area contributed by atoms with Crippen molar-refractivity contribution in [2.24, 2.45) is 12.8 Å². The number of likely N-dealkylation sites (N-methyl/N-ethyl adjacent to an activating group) is 1. The second-order valence-electron chi connectivity index (χ2n) is 5.66. The van der Waals surface area contributed by atoms with Gasteiger partial charge in [-0.3, -0.25) is 9.58 Å². The van der Waals surface area contributed by atoms with Gasteiger partial charge < -0.3 is 10.6 Å². The molecule has 5 nitrogen and oxygen atoms in total. The second-order valence-corrected chi connectivity index (χ2v) is 5.66. The SMILES string of the molecule is CCc1nn(C)cc1C(CN)N1CCN(C)CC1C. The predicted octanol–water partition coefficient (Wildman–Crippen LogP) is 0.618. The lowest BCUT2D eigenvalue weighted by molar-refractivity contribution is 0.0632. The molecule has 2 heterocycles. The summed E-state index contributed by atoms with van der Waals surface area (Å²) in [6.07, 6.45) is 3.11. The van der Waals surface area contributed by atoms with Crippen LogP contribution in [0.4, 0.5) is 0 Å². The van der Waals surface area contributed by atoms with Crippen LogP contribution in [0.25, 0.3) is 0 Å². The topological polar surface area (TPSA) is 50.3 Å². The molecule has 2 N–H and O–H groups in total. The number of piperazine rings is 1. The summed E-state index contributed by atoms with van der Waals surface area (Å²) in [4.78, 5) is 4.93. The Hall–Kier alpha value is -0.910. The van der Waals surface area contributed by atoms with Crippen LogP contribution < -0.4 is 5.73 Å². The number of rotatable bonds is 4. The molecular weight excluding hydrogens is 238 g/mol. The van der Waals surface area contributed by atoms with Gasteiger partial charge in [-0.1, -0.05) is 6.92 Å². The summed E-state index contributed by atoms with van der Waals surface area (Å²) in [6.45, 7) is 8.41. The summed E-state index contributed by atoms with van der Waals surface area (Å²) in [6, 6.07) is 0.838. The molecule has 1 aromatic rings. The third-order valence-corrected chi connectivity index (χ3v) is 4.14. The largest absolute Gasteiger partial charge is 0.329 e. The minimum absolute atomic E-state index is 0.298. The molecule has 0 amide bonds. The zero-order valence-corrected chi connectivity index (χ0v) is 12.6. The van der Waals surface area contributed by atoms with Crippen LogP contribution >= 0.6 is 0 Å². The van der Waals surface area contributed by atoms with Gasteiger partial charge in [0.25, 0.3) is 0 Å². The minimum atomic E-state index is 0.298. The molecule has 1 saturated heterocycles. The predicted molar refractivity (Wildman–Crippen MR) is 78.0 cm³/mol. The van der Waals surface area contributed by atoms with Crippen molar-refractivity contribution in [3.05, 3.63) is 17.5 Å². The maximum absolute atomic E-state index is 6.07. The molecule has 1 aliphatic rings. The maximum Gasteiger partial charge on any atom is 0.0670 e. The van der Waals surface area contributed by atoms with Crippen molar-refractivity contribution in [1.82, 2.24) is 19.6 Å². The van der Waals surface area contributed by atoms with Crippen LogP contribution in [0.5, 0.6) is 0 Å². The first-order chi connectivity index (χ1) is 9.06. The Balaban J connectivity index is 2.23. The molecule has 108 valence electrons. The first kappa shape index (κ1) is 14.5. The van der Waals surface area contributed by atoms with Gasteiger partial charge in [-0.15, -0.1) is 0 Å². The summed E-state index contributed by atoms with van der Waals surface area (Å²) in [5.74, 6) is 0. The van der Waals surface area contributed by atoms with Crippen LogP contribution in [0, 0.1) is 0 Å². The second kappa shape index (κ2) is 6.03. The molecule has 0 bridgehead atoms. The highest BCUT2D eigenvalue weighted by Gasteiger charge is 2.30. The number of nitrogens with zero attached hydrogens (tertiary/aromatic N) is 4. The van der Waals surface area contributed by atoms with Crippen LogP contribution in [-0.2, 0) is 13.5 Å². The van der Waals surface area contributed by atoms with E-state index >= 15 is 0 Å². The Bertz CT molecular complexity index is 414. The third-order valence-electron chi connectivity index (χ3n) is 4.14. The van der Waals surface area contributed by atoms with E-state index in [0.717, 1.165) is 26.1 Å². The first-order valence-electron chi connectivity index (χ1n) is 7.23. The van der Waals surface area contributed by atoms with Crippen LogP contribution in [0.1, 0.15) is 31.1 Å². The summed E-state index contributed by atoms with van der Waals surface area (Å²) < 4.78 is 1.91. The molecule has 2 rings (SSSR count). The van der Waals surface area contributed by atoms with Crippen LogP contribution in [0.2, 0.25) is 0 Å². The third kappa shape index (κ3) is 2.99. The van der Waals surface area contributed by atoms with E-state index in [-0.39, 0.29) is 0 Å². The van der Waals surface area contributed by atoms with E-state index < -0.39 is 0 Å².